The summed E-state index contributed by atoms with van der Waals surface area (Å²) in [7, 11) is -1.99. The number of esters is 1. The minimum atomic E-state index is -3.46. The Kier molecular flexibility index (Phi) is 10.4. The van der Waals surface area contributed by atoms with Gasteiger partial charge in [-0.25, -0.2) is 12.7 Å². The van der Waals surface area contributed by atoms with E-state index in [1.165, 1.54) is 11.4 Å². The normalized spacial score (nSPS) is 11.8. The van der Waals surface area contributed by atoms with Crippen LogP contribution in [0.2, 0.25) is 5.02 Å². The van der Waals surface area contributed by atoms with Crippen molar-refractivity contribution in [2.24, 2.45) is 0 Å². The number of nitrogens with zero attached hydrogens (tertiary/aromatic N) is 1. The van der Waals surface area contributed by atoms with Crippen LogP contribution in [0.4, 0.5) is 0 Å². The molecule has 3 aromatic rings. The second-order valence-electron chi connectivity index (χ2n) is 10.5. The standard InChI is InChI=1S/C30H35ClN2O6S/c1-30(2,3)39-28(34)19-22-8-15-27(24(18-22)20-33(4)40(5,36)37)38-26-13-9-23(10-14-26)29(35)32-17-16-21-6-11-25(31)12-7-21/h6-15,18H,16-17,19-20H2,1-5H3,(H,32,35). The molecule has 8 nitrogen and oxygen atoms in total. The Bertz CT molecular complexity index is 1430. The molecule has 0 spiro atoms. The molecule has 0 aromatic heterocycles. The van der Waals surface area contributed by atoms with Crippen LogP contribution >= 0.6 is 11.6 Å². The van der Waals surface area contributed by atoms with Gasteiger partial charge in [-0.15, -0.1) is 0 Å². The average molecular weight is 587 g/mol. The lowest BCUT2D eigenvalue weighted by Gasteiger charge is -2.20. The molecule has 0 aliphatic carbocycles. The zero-order chi connectivity index (χ0) is 29.5. The van der Waals surface area contributed by atoms with Crippen molar-refractivity contribution in [3.05, 3.63) is 94.0 Å². The Morgan fingerprint density at radius 1 is 0.950 bits per heavy atom. The molecule has 10 heteroatoms. The van der Waals surface area contributed by atoms with Crippen LogP contribution in [-0.4, -0.2) is 50.0 Å². The molecular weight excluding hydrogens is 552 g/mol. The number of hydrogen-bond acceptors (Lipinski definition) is 6. The van der Waals surface area contributed by atoms with Crippen LogP contribution in [0.25, 0.3) is 0 Å². The van der Waals surface area contributed by atoms with E-state index < -0.39 is 15.6 Å². The van der Waals surface area contributed by atoms with E-state index in [2.05, 4.69) is 5.32 Å². The lowest BCUT2D eigenvalue weighted by atomic mass is 10.1. The van der Waals surface area contributed by atoms with Crippen molar-refractivity contribution < 1.29 is 27.5 Å². The first-order chi connectivity index (χ1) is 18.7. The highest BCUT2D eigenvalue weighted by Crippen LogP contribution is 2.29. The third-order valence-electron chi connectivity index (χ3n) is 5.81. The molecular formula is C30H35ClN2O6S. The summed E-state index contributed by atoms with van der Waals surface area (Å²) >= 11 is 5.91. The van der Waals surface area contributed by atoms with Crippen LogP contribution < -0.4 is 10.1 Å². The monoisotopic (exact) mass is 586 g/mol. The molecule has 1 amide bonds. The van der Waals surface area contributed by atoms with Gasteiger partial charge in [0.2, 0.25) is 10.0 Å². The summed E-state index contributed by atoms with van der Waals surface area (Å²) in [6.45, 7) is 5.91. The van der Waals surface area contributed by atoms with E-state index in [-0.39, 0.29) is 24.8 Å². The number of halogens is 1. The zero-order valence-electron chi connectivity index (χ0n) is 23.4. The average Bonchev–Trinajstić information content (AvgIpc) is 2.85. The summed E-state index contributed by atoms with van der Waals surface area (Å²) in [4.78, 5) is 24.9. The van der Waals surface area contributed by atoms with Crippen LogP contribution in [-0.2, 0) is 38.9 Å². The van der Waals surface area contributed by atoms with Gasteiger partial charge < -0.3 is 14.8 Å². The van der Waals surface area contributed by atoms with Crippen molar-refractivity contribution >= 4 is 33.5 Å². The van der Waals surface area contributed by atoms with Crippen LogP contribution in [0.15, 0.2) is 66.7 Å². The van der Waals surface area contributed by atoms with Gasteiger partial charge in [0.1, 0.15) is 17.1 Å². The predicted molar refractivity (Wildman–Crippen MR) is 156 cm³/mol. The molecule has 40 heavy (non-hydrogen) atoms. The van der Waals surface area contributed by atoms with Gasteiger partial charge in [-0.05, 0) is 80.8 Å². The number of hydrogen-bond donors (Lipinski definition) is 1. The number of ether oxygens (including phenoxy) is 2. The van der Waals surface area contributed by atoms with Gasteiger partial charge in [-0.2, -0.15) is 0 Å². The molecule has 0 atom stereocenters. The Hall–Kier alpha value is -3.40. The first kappa shape index (κ1) is 31.1. The SMILES string of the molecule is CN(Cc1cc(CC(=O)OC(C)(C)C)ccc1Oc1ccc(C(=O)NCCc2ccc(Cl)cc2)cc1)S(C)(=O)=O. The van der Waals surface area contributed by atoms with E-state index in [1.54, 1.807) is 63.2 Å². The van der Waals surface area contributed by atoms with Gasteiger partial charge in [-0.1, -0.05) is 35.9 Å². The van der Waals surface area contributed by atoms with Crippen molar-refractivity contribution in [1.29, 1.82) is 0 Å². The fourth-order valence-corrected chi connectivity index (χ4v) is 4.24. The van der Waals surface area contributed by atoms with Gasteiger partial charge in [0, 0.05) is 36.3 Å². The zero-order valence-corrected chi connectivity index (χ0v) is 24.9. The maximum Gasteiger partial charge on any atom is 0.310 e. The molecule has 0 heterocycles. The van der Waals surface area contributed by atoms with Gasteiger partial charge in [0.05, 0.1) is 12.7 Å². The number of benzene rings is 3. The molecule has 0 bridgehead atoms. The van der Waals surface area contributed by atoms with Gasteiger partial charge in [0.25, 0.3) is 5.91 Å². The number of sulfonamides is 1. The van der Waals surface area contributed by atoms with Gasteiger partial charge in [-0.3, -0.25) is 9.59 Å². The first-order valence-corrected chi connectivity index (χ1v) is 15.0. The molecule has 0 fully saturated rings. The first-order valence-electron chi connectivity index (χ1n) is 12.7. The lowest BCUT2D eigenvalue weighted by Crippen LogP contribution is -2.26. The number of nitrogens with one attached hydrogen (secondary N) is 1. The summed E-state index contributed by atoms with van der Waals surface area (Å²) in [6.07, 6.45) is 1.84. The molecule has 3 rings (SSSR count). The molecule has 0 aliphatic rings. The molecule has 0 saturated heterocycles. The van der Waals surface area contributed by atoms with E-state index in [9.17, 15) is 18.0 Å². The Morgan fingerprint density at radius 3 is 2.17 bits per heavy atom. The largest absolute Gasteiger partial charge is 0.460 e. The van der Waals surface area contributed by atoms with E-state index in [0.717, 1.165) is 11.8 Å². The highest BCUT2D eigenvalue weighted by molar-refractivity contribution is 7.88. The molecule has 3 aromatic carbocycles. The van der Waals surface area contributed by atoms with Crippen LogP contribution in [0, 0.1) is 0 Å². The molecule has 0 unspecified atom stereocenters. The third-order valence-corrected chi connectivity index (χ3v) is 7.32. The highest BCUT2D eigenvalue weighted by atomic mass is 35.5. The molecule has 0 saturated carbocycles. The molecule has 0 aliphatic heterocycles. The van der Waals surface area contributed by atoms with Crippen molar-refractivity contribution in [1.82, 2.24) is 9.62 Å². The van der Waals surface area contributed by atoms with Gasteiger partial charge in [0.15, 0.2) is 0 Å². The summed E-state index contributed by atoms with van der Waals surface area (Å²) in [5.41, 5.74) is 2.19. The summed E-state index contributed by atoms with van der Waals surface area (Å²) in [5.74, 6) is 0.317. The number of carbonyl (C=O) groups is 2. The molecule has 1 N–H and O–H groups in total. The Balaban J connectivity index is 1.70. The topological polar surface area (TPSA) is 102 Å². The second kappa shape index (κ2) is 13.3. The van der Waals surface area contributed by atoms with Gasteiger partial charge >= 0.3 is 5.97 Å². The number of amides is 1. The van der Waals surface area contributed by atoms with E-state index >= 15 is 0 Å². The summed E-state index contributed by atoms with van der Waals surface area (Å²) in [6, 6.07) is 19.3. The summed E-state index contributed by atoms with van der Waals surface area (Å²) in [5, 5.41) is 3.57. The van der Waals surface area contributed by atoms with Crippen molar-refractivity contribution in [3.8, 4) is 11.5 Å². The van der Waals surface area contributed by atoms with Crippen molar-refractivity contribution in [2.45, 2.75) is 45.8 Å². The van der Waals surface area contributed by atoms with E-state index in [4.69, 9.17) is 21.1 Å². The maximum atomic E-state index is 12.6. The number of carbonyl (C=O) groups excluding carboxylic acids is 2. The third kappa shape index (κ3) is 9.97. The van der Waals surface area contributed by atoms with Crippen LogP contribution in [0.5, 0.6) is 11.5 Å². The smallest absolute Gasteiger partial charge is 0.310 e. The summed E-state index contributed by atoms with van der Waals surface area (Å²) < 4.78 is 36.8. The minimum absolute atomic E-state index is 0.0367. The molecule has 0 radical (unpaired) electrons. The van der Waals surface area contributed by atoms with E-state index in [1.807, 2.05) is 24.3 Å². The lowest BCUT2D eigenvalue weighted by molar-refractivity contribution is -0.153. The fourth-order valence-electron chi connectivity index (χ4n) is 3.74. The van der Waals surface area contributed by atoms with Crippen LogP contribution in [0.1, 0.15) is 47.8 Å². The predicted octanol–water partition coefficient (Wildman–Crippen LogP) is 5.38. The number of rotatable bonds is 11. The quantitative estimate of drug-likeness (QED) is 0.303. The maximum absolute atomic E-state index is 12.6. The van der Waals surface area contributed by atoms with E-state index in [0.29, 0.717) is 46.2 Å². The fraction of sp³-hybridized carbons (Fsp3) is 0.333. The highest BCUT2D eigenvalue weighted by Gasteiger charge is 2.19. The Labute approximate surface area is 241 Å². The van der Waals surface area contributed by atoms with Crippen LogP contribution in [0.3, 0.4) is 0 Å². The minimum Gasteiger partial charge on any atom is -0.460 e. The van der Waals surface area contributed by atoms with Crippen molar-refractivity contribution in [3.63, 3.8) is 0 Å². The Morgan fingerprint density at radius 2 is 1.57 bits per heavy atom. The second-order valence-corrected chi connectivity index (χ2v) is 13.0. The molecule has 214 valence electrons. The van der Waals surface area contributed by atoms with Crippen molar-refractivity contribution in [2.75, 3.05) is 19.8 Å².